The van der Waals surface area contributed by atoms with Gasteiger partial charge in [0, 0.05) is 6.20 Å². The van der Waals surface area contributed by atoms with Gasteiger partial charge >= 0.3 is 0 Å². The van der Waals surface area contributed by atoms with Crippen molar-refractivity contribution in [3.05, 3.63) is 107 Å². The minimum Gasteiger partial charge on any atom is -0.495 e. The van der Waals surface area contributed by atoms with Crippen LogP contribution in [-0.4, -0.2) is 22.8 Å². The standard InChI is InChI=1S/C26H25N3O3/c1-19-13-14-24(31-2)23(15-19)27-25(30)22-17-29(16-20-9-5-3-6-10-20)28-26(22)32-18-21-11-7-4-8-12-21/h3-15,17H,16,18H2,1-2H3,(H,27,30). The van der Waals surface area contributed by atoms with Crippen molar-refractivity contribution in [1.82, 2.24) is 9.78 Å². The Bertz CT molecular complexity index is 1190. The molecule has 1 aromatic heterocycles. The molecular formula is C26H25N3O3. The van der Waals surface area contributed by atoms with E-state index in [1.807, 2.05) is 85.8 Å². The summed E-state index contributed by atoms with van der Waals surface area (Å²) in [5, 5.41) is 7.48. The molecule has 0 aliphatic rings. The van der Waals surface area contributed by atoms with Crippen molar-refractivity contribution in [2.75, 3.05) is 12.4 Å². The summed E-state index contributed by atoms with van der Waals surface area (Å²) < 4.78 is 13.1. The van der Waals surface area contributed by atoms with Gasteiger partial charge in [-0.25, -0.2) is 0 Å². The number of nitrogens with zero attached hydrogens (tertiary/aromatic N) is 2. The van der Waals surface area contributed by atoms with Crippen molar-refractivity contribution in [3.8, 4) is 11.6 Å². The summed E-state index contributed by atoms with van der Waals surface area (Å²) in [4.78, 5) is 13.2. The molecule has 0 saturated heterocycles. The quantitative estimate of drug-likeness (QED) is 0.426. The molecule has 1 N–H and O–H groups in total. The molecule has 0 aliphatic heterocycles. The molecule has 0 spiro atoms. The van der Waals surface area contributed by atoms with Gasteiger partial charge in [-0.15, -0.1) is 5.10 Å². The van der Waals surface area contributed by atoms with Crippen LogP contribution in [0.5, 0.6) is 11.6 Å². The van der Waals surface area contributed by atoms with E-state index < -0.39 is 0 Å². The zero-order valence-corrected chi connectivity index (χ0v) is 18.1. The number of nitrogens with one attached hydrogen (secondary N) is 1. The van der Waals surface area contributed by atoms with Crippen LogP contribution in [0.15, 0.2) is 85.1 Å². The van der Waals surface area contributed by atoms with E-state index in [4.69, 9.17) is 9.47 Å². The maximum absolute atomic E-state index is 13.2. The van der Waals surface area contributed by atoms with Crippen LogP contribution in [0.25, 0.3) is 0 Å². The second-order valence-corrected chi connectivity index (χ2v) is 7.46. The van der Waals surface area contributed by atoms with E-state index in [0.29, 0.717) is 30.2 Å². The van der Waals surface area contributed by atoms with Crippen molar-refractivity contribution in [2.45, 2.75) is 20.1 Å². The highest BCUT2D eigenvalue weighted by Gasteiger charge is 2.20. The SMILES string of the molecule is COc1ccc(C)cc1NC(=O)c1cn(Cc2ccccc2)nc1OCc1ccccc1. The zero-order valence-electron chi connectivity index (χ0n) is 18.1. The normalized spacial score (nSPS) is 10.6. The third kappa shape index (κ3) is 5.16. The molecular weight excluding hydrogens is 402 g/mol. The number of rotatable bonds is 8. The highest BCUT2D eigenvalue weighted by atomic mass is 16.5. The van der Waals surface area contributed by atoms with Crippen LogP contribution in [0.3, 0.4) is 0 Å². The largest absolute Gasteiger partial charge is 0.495 e. The first kappa shape index (κ1) is 21.2. The molecule has 0 bridgehead atoms. The Morgan fingerprint density at radius 1 is 0.969 bits per heavy atom. The molecule has 1 amide bonds. The number of carbonyl (C=O) groups excluding carboxylic acids is 1. The summed E-state index contributed by atoms with van der Waals surface area (Å²) in [7, 11) is 1.58. The second-order valence-electron chi connectivity index (χ2n) is 7.46. The van der Waals surface area contributed by atoms with E-state index in [9.17, 15) is 4.79 Å². The molecule has 6 nitrogen and oxygen atoms in total. The first-order chi connectivity index (χ1) is 15.6. The van der Waals surface area contributed by atoms with Gasteiger partial charge in [0.25, 0.3) is 5.91 Å². The van der Waals surface area contributed by atoms with Crippen molar-refractivity contribution in [1.29, 1.82) is 0 Å². The molecule has 3 aromatic carbocycles. The maximum atomic E-state index is 13.2. The maximum Gasteiger partial charge on any atom is 0.262 e. The van der Waals surface area contributed by atoms with E-state index in [1.165, 1.54) is 0 Å². The number of amides is 1. The Balaban J connectivity index is 1.60. The Kier molecular flexibility index (Phi) is 6.51. The number of aryl methyl sites for hydroxylation is 1. The molecule has 0 unspecified atom stereocenters. The number of hydrogen-bond acceptors (Lipinski definition) is 4. The predicted octanol–water partition coefficient (Wildman–Crippen LogP) is 5.08. The van der Waals surface area contributed by atoms with Gasteiger partial charge in [-0.1, -0.05) is 66.7 Å². The van der Waals surface area contributed by atoms with Gasteiger partial charge in [-0.05, 0) is 35.7 Å². The summed E-state index contributed by atoms with van der Waals surface area (Å²) in [6.45, 7) is 2.81. The molecule has 4 rings (SSSR count). The van der Waals surface area contributed by atoms with E-state index >= 15 is 0 Å². The molecule has 162 valence electrons. The van der Waals surface area contributed by atoms with Crippen molar-refractivity contribution >= 4 is 11.6 Å². The molecule has 32 heavy (non-hydrogen) atoms. The lowest BCUT2D eigenvalue weighted by Crippen LogP contribution is -2.13. The number of hydrogen-bond donors (Lipinski definition) is 1. The molecule has 6 heteroatoms. The third-order valence-electron chi connectivity index (χ3n) is 4.98. The summed E-state index contributed by atoms with van der Waals surface area (Å²) in [6, 6.07) is 25.4. The van der Waals surface area contributed by atoms with Gasteiger partial charge in [-0.3, -0.25) is 9.48 Å². The number of aromatic nitrogens is 2. The Morgan fingerprint density at radius 3 is 2.34 bits per heavy atom. The highest BCUT2D eigenvalue weighted by molar-refractivity contribution is 6.06. The van der Waals surface area contributed by atoms with Crippen LogP contribution in [0, 0.1) is 6.92 Å². The van der Waals surface area contributed by atoms with Gasteiger partial charge < -0.3 is 14.8 Å². The summed E-state index contributed by atoms with van der Waals surface area (Å²) in [6.07, 6.45) is 1.71. The molecule has 0 saturated carbocycles. The minimum atomic E-state index is -0.309. The van der Waals surface area contributed by atoms with Gasteiger partial charge in [0.05, 0.1) is 19.3 Å². The summed E-state index contributed by atoms with van der Waals surface area (Å²) in [5.74, 6) is 0.567. The topological polar surface area (TPSA) is 65.4 Å². The molecule has 1 heterocycles. The highest BCUT2D eigenvalue weighted by Crippen LogP contribution is 2.27. The van der Waals surface area contributed by atoms with Crippen molar-refractivity contribution in [3.63, 3.8) is 0 Å². The fourth-order valence-corrected chi connectivity index (χ4v) is 3.35. The molecule has 0 aliphatic carbocycles. The lowest BCUT2D eigenvalue weighted by Gasteiger charge is -2.11. The summed E-state index contributed by atoms with van der Waals surface area (Å²) in [5.41, 5.74) is 4.05. The number of ether oxygens (including phenoxy) is 2. The van der Waals surface area contributed by atoms with E-state index in [2.05, 4.69) is 10.4 Å². The summed E-state index contributed by atoms with van der Waals surface area (Å²) >= 11 is 0. The van der Waals surface area contributed by atoms with Crippen LogP contribution < -0.4 is 14.8 Å². The van der Waals surface area contributed by atoms with Crippen LogP contribution in [-0.2, 0) is 13.2 Å². The second kappa shape index (κ2) is 9.83. The Morgan fingerprint density at radius 2 is 1.66 bits per heavy atom. The van der Waals surface area contributed by atoms with Gasteiger partial charge in [0.2, 0.25) is 5.88 Å². The van der Waals surface area contributed by atoms with Crippen LogP contribution in [0.1, 0.15) is 27.0 Å². The number of methoxy groups -OCH3 is 1. The molecule has 0 fully saturated rings. The van der Waals surface area contributed by atoms with E-state index in [-0.39, 0.29) is 11.8 Å². The smallest absolute Gasteiger partial charge is 0.262 e. The average molecular weight is 428 g/mol. The first-order valence-electron chi connectivity index (χ1n) is 10.4. The van der Waals surface area contributed by atoms with E-state index in [1.54, 1.807) is 18.0 Å². The monoisotopic (exact) mass is 427 g/mol. The third-order valence-corrected chi connectivity index (χ3v) is 4.98. The average Bonchev–Trinajstić information content (AvgIpc) is 3.22. The molecule has 4 aromatic rings. The molecule has 0 atom stereocenters. The first-order valence-corrected chi connectivity index (χ1v) is 10.4. The fourth-order valence-electron chi connectivity index (χ4n) is 3.35. The van der Waals surface area contributed by atoms with Crippen LogP contribution >= 0.6 is 0 Å². The number of anilines is 1. The number of benzene rings is 3. The van der Waals surface area contributed by atoms with Gasteiger partial charge in [-0.2, -0.15) is 0 Å². The van der Waals surface area contributed by atoms with Crippen LogP contribution in [0.2, 0.25) is 0 Å². The van der Waals surface area contributed by atoms with Gasteiger partial charge in [0.1, 0.15) is 17.9 Å². The Labute approximate surface area is 187 Å². The lowest BCUT2D eigenvalue weighted by molar-refractivity contribution is 0.102. The van der Waals surface area contributed by atoms with Gasteiger partial charge in [0.15, 0.2) is 0 Å². The van der Waals surface area contributed by atoms with Crippen LogP contribution in [0.4, 0.5) is 5.69 Å². The van der Waals surface area contributed by atoms with E-state index in [0.717, 1.165) is 16.7 Å². The fraction of sp³-hybridized carbons (Fsp3) is 0.154. The molecule has 0 radical (unpaired) electrons. The Hall–Kier alpha value is -4.06. The number of carbonyl (C=O) groups is 1. The van der Waals surface area contributed by atoms with Crippen molar-refractivity contribution in [2.24, 2.45) is 0 Å². The van der Waals surface area contributed by atoms with Crippen molar-refractivity contribution < 1.29 is 14.3 Å². The minimum absolute atomic E-state index is 0.286. The lowest BCUT2D eigenvalue weighted by atomic mass is 10.2. The zero-order chi connectivity index (χ0) is 22.3. The predicted molar refractivity (Wildman–Crippen MR) is 124 cm³/mol.